The van der Waals surface area contributed by atoms with Crippen molar-refractivity contribution in [3.8, 4) is 78.6 Å². The number of aryl methyl sites for hydroxylation is 2. The Hall–Kier alpha value is -6.35. The molecule has 0 fully saturated rings. The van der Waals surface area contributed by atoms with Crippen LogP contribution in [0.5, 0.6) is 5.75 Å². The molecular weight excluding hydrogens is 1020 g/mol. The van der Waals surface area contributed by atoms with Gasteiger partial charge in [0, 0.05) is 35.7 Å². The second kappa shape index (κ2) is 19.2. The van der Waals surface area contributed by atoms with Gasteiger partial charge < -0.3 is 5.11 Å². The molecule has 1 N–H and O–H groups in total. The molecule has 4 nitrogen and oxygen atoms in total. The van der Waals surface area contributed by atoms with Crippen LogP contribution in [0.1, 0.15) is 117 Å². The van der Waals surface area contributed by atoms with E-state index < -0.39 is 11.8 Å². The van der Waals surface area contributed by atoms with Gasteiger partial charge in [0.1, 0.15) is 11.6 Å². The molecule has 0 aliphatic carbocycles. The number of aromatic hydroxyl groups is 1. The van der Waals surface area contributed by atoms with Crippen molar-refractivity contribution in [3.63, 3.8) is 0 Å². The minimum Gasteiger partial charge on any atom is -0.507 e. The van der Waals surface area contributed by atoms with E-state index in [2.05, 4.69) is 193 Å². The first-order chi connectivity index (χ1) is 32.9. The van der Waals surface area contributed by atoms with Crippen LogP contribution in [-0.4, -0.2) is 19.6 Å². The zero-order valence-electron chi connectivity index (χ0n) is 44.0. The summed E-state index contributed by atoms with van der Waals surface area (Å²) in [7, 11) is 0. The summed E-state index contributed by atoms with van der Waals surface area (Å²) in [6, 6.07) is 54.8. The van der Waals surface area contributed by atoms with Gasteiger partial charge in [-0.1, -0.05) is 189 Å². The quantitative estimate of drug-likeness (QED) is 0.147. The van der Waals surface area contributed by atoms with E-state index in [0.29, 0.717) is 11.4 Å². The van der Waals surface area contributed by atoms with Crippen molar-refractivity contribution >= 4 is 11.0 Å². The summed E-state index contributed by atoms with van der Waals surface area (Å²) in [4.78, 5) is 10.5. The van der Waals surface area contributed by atoms with Gasteiger partial charge in [0.25, 0.3) is 0 Å². The molecule has 0 radical (unpaired) electrons. The summed E-state index contributed by atoms with van der Waals surface area (Å²) in [5.41, 5.74) is 18.8. The number of nitrogens with zero attached hydrogens (tertiary/aromatic N) is 3. The minimum absolute atomic E-state index is 0. The number of pyridine rings is 1. The van der Waals surface area contributed by atoms with Crippen LogP contribution >= 0.6 is 0 Å². The van der Waals surface area contributed by atoms with Gasteiger partial charge in [-0.2, -0.15) is 0 Å². The molecule has 0 aliphatic rings. The van der Waals surface area contributed by atoms with Crippen molar-refractivity contribution in [2.75, 3.05) is 0 Å². The number of fused-ring (bicyclic) bond motifs is 1. The van der Waals surface area contributed by atoms with Crippen LogP contribution in [0.15, 0.2) is 152 Å². The predicted octanol–water partition coefficient (Wildman–Crippen LogP) is 17.4. The first-order valence-corrected chi connectivity index (χ1v) is 23.8. The van der Waals surface area contributed by atoms with Crippen LogP contribution in [0.3, 0.4) is 0 Å². The Kier molecular flexibility index (Phi) is 12.9. The van der Waals surface area contributed by atoms with Crippen molar-refractivity contribution in [1.82, 2.24) is 14.5 Å². The molecule has 352 valence electrons. The minimum atomic E-state index is -0.840. The molecule has 0 atom stereocenters. The molecule has 0 saturated heterocycles. The zero-order valence-corrected chi connectivity index (χ0v) is 44.3. The Labute approximate surface area is 427 Å². The van der Waals surface area contributed by atoms with Crippen LogP contribution < -0.4 is 0 Å². The van der Waals surface area contributed by atoms with Gasteiger partial charge in [-0.3, -0.25) is 9.55 Å². The van der Waals surface area contributed by atoms with Crippen LogP contribution in [0.25, 0.3) is 83.9 Å². The maximum Gasteiger partial charge on any atom is 0.148 e. The molecule has 0 aliphatic heterocycles. The SMILES string of the molecule is [2H]C(C)(C)c1cc(-c2ccc(-n3c(-c4cc(C(C)(C)C)cc(C)c4O)nc4c(-c5[c-]c(-c6cc(-c7ccc(C(C)(C)C)cc7)ccn6)cc(-c6ccccc6)c5)cccc43)c(C)c2)cc(C([2H])(C)C)c1.[Pt]. The smallest absolute Gasteiger partial charge is 0.148 e. The van der Waals surface area contributed by atoms with Crippen molar-refractivity contribution in [1.29, 1.82) is 0 Å². The number of phenolic OH excluding ortho intramolecular Hbond substituents is 1. The van der Waals surface area contributed by atoms with Crippen molar-refractivity contribution < 1.29 is 28.9 Å². The summed E-state index contributed by atoms with van der Waals surface area (Å²) >= 11 is 0. The molecule has 0 unspecified atom stereocenters. The van der Waals surface area contributed by atoms with Crippen molar-refractivity contribution in [3.05, 3.63) is 191 Å². The number of benzene rings is 7. The third-order valence-electron chi connectivity index (χ3n) is 13.3. The van der Waals surface area contributed by atoms with Crippen molar-refractivity contribution in [2.45, 2.75) is 106 Å². The fraction of sp³-hybridized carbons (Fsp3) is 0.250. The average Bonchev–Trinajstić information content (AvgIpc) is 3.70. The molecule has 2 aromatic heterocycles. The first kappa shape index (κ1) is 46.4. The van der Waals surface area contributed by atoms with Crippen LogP contribution in [-0.2, 0) is 31.9 Å². The van der Waals surface area contributed by atoms with Gasteiger partial charge in [0.15, 0.2) is 0 Å². The van der Waals surface area contributed by atoms with Crippen LogP contribution in [0, 0.1) is 19.9 Å². The number of rotatable bonds is 9. The summed E-state index contributed by atoms with van der Waals surface area (Å²) < 4.78 is 20.0. The number of imidazole rings is 1. The first-order valence-electron chi connectivity index (χ1n) is 24.8. The molecule has 9 rings (SSSR count). The zero-order chi connectivity index (χ0) is 50.1. The molecule has 0 spiro atoms. The standard InChI is InChI=1S/C64H64N3O.Pt/c1-39(2)47-31-48(40(3)4)33-50(32-47)45-23-26-58(41(5)29-45)67-59-20-16-19-55(60(59)66-62(67)56-38-54(64(10,11)12)30-42(6)61(56)68)51-34-49(43-17-14-13-15-18-43)35-52(36-51)57-37-46(27-28-65-57)44-21-24-53(25-22-44)63(7,8)9;/h13-35,37-40,68H,1-12H3;/q-1;/i39D,40D;. The maximum absolute atomic E-state index is 12.1. The van der Waals surface area contributed by atoms with Crippen LogP contribution in [0.2, 0.25) is 0 Å². The third-order valence-corrected chi connectivity index (χ3v) is 13.3. The second-order valence-corrected chi connectivity index (χ2v) is 21.0. The van der Waals surface area contributed by atoms with Gasteiger partial charge in [-0.15, -0.1) is 23.8 Å². The number of phenols is 1. The van der Waals surface area contributed by atoms with E-state index >= 15 is 0 Å². The molecule has 0 amide bonds. The second-order valence-electron chi connectivity index (χ2n) is 21.0. The molecule has 7 aromatic carbocycles. The van der Waals surface area contributed by atoms with Gasteiger partial charge in [-0.25, -0.2) is 4.98 Å². The van der Waals surface area contributed by atoms with Gasteiger partial charge >= 0.3 is 0 Å². The average molecular weight is 1090 g/mol. The van der Waals surface area contributed by atoms with E-state index in [1.807, 2.05) is 52.9 Å². The van der Waals surface area contributed by atoms with Gasteiger partial charge in [0.05, 0.1) is 22.3 Å². The molecule has 9 aromatic rings. The predicted molar refractivity (Wildman–Crippen MR) is 287 cm³/mol. The molecule has 0 bridgehead atoms. The third kappa shape index (κ3) is 9.93. The summed E-state index contributed by atoms with van der Waals surface area (Å²) in [5, 5.41) is 12.1. The largest absolute Gasteiger partial charge is 0.507 e. The molecule has 2 heterocycles. The molecular formula is C64H64N3OPt-. The summed E-state index contributed by atoms with van der Waals surface area (Å²) in [6.07, 6.45) is 1.88. The Morgan fingerprint density at radius 1 is 0.551 bits per heavy atom. The number of hydrogen-bond donors (Lipinski definition) is 1. The topological polar surface area (TPSA) is 50.9 Å². The summed E-state index contributed by atoms with van der Waals surface area (Å²) in [6.45, 7) is 24.9. The fourth-order valence-electron chi connectivity index (χ4n) is 9.15. The Balaban J connectivity index is 0.00000676. The van der Waals surface area contributed by atoms with Gasteiger partial charge in [-0.05, 0) is 128 Å². The molecule has 69 heavy (non-hydrogen) atoms. The van der Waals surface area contributed by atoms with E-state index in [-0.39, 0.29) is 37.6 Å². The van der Waals surface area contributed by atoms with E-state index in [9.17, 15) is 5.11 Å². The summed E-state index contributed by atoms with van der Waals surface area (Å²) in [5.74, 6) is -0.854. The monoisotopic (exact) mass is 1090 g/mol. The van der Waals surface area contributed by atoms with Crippen LogP contribution in [0.4, 0.5) is 0 Å². The molecule has 5 heteroatoms. The molecule has 0 saturated carbocycles. The fourth-order valence-corrected chi connectivity index (χ4v) is 9.15. The number of aromatic nitrogens is 3. The maximum atomic E-state index is 12.1. The number of hydrogen-bond acceptors (Lipinski definition) is 3. The van der Waals surface area contributed by atoms with E-state index in [4.69, 9.17) is 12.7 Å². The van der Waals surface area contributed by atoms with Crippen molar-refractivity contribution in [2.24, 2.45) is 0 Å². The van der Waals surface area contributed by atoms with E-state index in [1.165, 1.54) is 5.56 Å². The van der Waals surface area contributed by atoms with E-state index in [0.717, 1.165) is 100 Å². The normalized spacial score (nSPS) is 12.7. The van der Waals surface area contributed by atoms with E-state index in [1.54, 1.807) is 0 Å². The van der Waals surface area contributed by atoms with Gasteiger partial charge in [0.2, 0.25) is 0 Å². The number of para-hydroxylation sites is 1. The Morgan fingerprint density at radius 3 is 1.80 bits per heavy atom. The Bertz CT molecular complexity index is 3400. The Morgan fingerprint density at radius 2 is 1.16 bits per heavy atom.